The molecule has 0 bridgehead atoms. The highest BCUT2D eigenvalue weighted by Crippen LogP contribution is 2.11. The van der Waals surface area contributed by atoms with Crippen LogP contribution in [0.15, 0.2) is 78.9 Å². The average molecular weight is 499 g/mol. The Hall–Kier alpha value is -4.45. The van der Waals surface area contributed by atoms with Crippen molar-refractivity contribution in [2.75, 3.05) is 21.1 Å². The van der Waals surface area contributed by atoms with Crippen molar-refractivity contribution in [3.63, 3.8) is 0 Å². The van der Waals surface area contributed by atoms with E-state index in [9.17, 15) is 14.4 Å². The second-order valence-electron chi connectivity index (χ2n) is 8.59. The van der Waals surface area contributed by atoms with Crippen LogP contribution in [0.4, 0.5) is 0 Å². The van der Waals surface area contributed by atoms with Gasteiger partial charge in [-0.2, -0.15) is 0 Å². The molecule has 0 spiro atoms. The van der Waals surface area contributed by atoms with Crippen LogP contribution < -0.4 is 10.8 Å². The van der Waals surface area contributed by atoms with Gasteiger partial charge in [0.05, 0.1) is 0 Å². The highest BCUT2D eigenvalue weighted by molar-refractivity contribution is 6.08. The number of likely N-dealkylation sites (N-methyl/N-ethyl adjacent to an activating group) is 2. The van der Waals surface area contributed by atoms with Crippen molar-refractivity contribution in [1.82, 2.24) is 20.6 Å². The summed E-state index contributed by atoms with van der Waals surface area (Å²) < 4.78 is 0. The van der Waals surface area contributed by atoms with E-state index in [0.29, 0.717) is 5.56 Å². The van der Waals surface area contributed by atoms with Crippen molar-refractivity contribution in [1.29, 1.82) is 0 Å². The van der Waals surface area contributed by atoms with E-state index in [1.807, 2.05) is 30.3 Å². The Morgan fingerprint density at radius 2 is 1.30 bits per heavy atom. The largest absolute Gasteiger partial charge is 0.357 e. The summed E-state index contributed by atoms with van der Waals surface area (Å²) >= 11 is 0. The van der Waals surface area contributed by atoms with E-state index in [0.717, 1.165) is 23.6 Å². The second kappa shape index (κ2) is 13.0. The number of nitrogens with zero attached hydrogens (tertiary/aromatic N) is 2. The molecule has 0 heterocycles. The predicted molar refractivity (Wildman–Crippen MR) is 140 cm³/mol. The second-order valence-corrected chi connectivity index (χ2v) is 8.59. The zero-order chi connectivity index (χ0) is 26.8. The number of benzene rings is 3. The first-order chi connectivity index (χ1) is 17.8. The van der Waals surface area contributed by atoms with Gasteiger partial charge >= 0.3 is 0 Å². The maximum Gasteiger partial charge on any atom is 0.275 e. The quantitative estimate of drug-likeness (QED) is 0.192. The van der Waals surface area contributed by atoms with Gasteiger partial charge in [-0.05, 0) is 54.6 Å². The van der Waals surface area contributed by atoms with Crippen LogP contribution in [-0.2, 0) is 22.7 Å². The summed E-state index contributed by atoms with van der Waals surface area (Å²) in [4.78, 5) is 39.9. The molecule has 0 saturated heterocycles. The van der Waals surface area contributed by atoms with Gasteiger partial charge in [0.1, 0.15) is 0 Å². The molecule has 0 aliphatic rings. The zero-order valence-corrected chi connectivity index (χ0v) is 21.1. The summed E-state index contributed by atoms with van der Waals surface area (Å²) in [7, 11) is 4.74. The number of rotatable bonds is 8. The van der Waals surface area contributed by atoms with Gasteiger partial charge in [-0.3, -0.25) is 24.5 Å². The lowest BCUT2D eigenvalue weighted by Crippen LogP contribution is -2.54. The normalized spacial score (nSPS) is 11.2. The molecule has 1 atom stereocenters. The minimum atomic E-state index is -1.51. The number of carbonyl (C=O) groups excluding carboxylic acids is 3. The van der Waals surface area contributed by atoms with Gasteiger partial charge in [-0.1, -0.05) is 54.3 Å². The van der Waals surface area contributed by atoms with Crippen LogP contribution in [0.2, 0.25) is 0 Å². The third-order valence-corrected chi connectivity index (χ3v) is 5.75. The van der Waals surface area contributed by atoms with Gasteiger partial charge in [-0.15, -0.1) is 0 Å². The molecule has 190 valence electrons. The number of nitrogens with one attached hydrogen (secondary N) is 2. The van der Waals surface area contributed by atoms with Gasteiger partial charge in [0.15, 0.2) is 6.04 Å². The van der Waals surface area contributed by atoms with Gasteiger partial charge in [-0.25, -0.2) is 5.48 Å². The average Bonchev–Trinajstić information content (AvgIpc) is 2.92. The minimum absolute atomic E-state index is 0.275. The summed E-state index contributed by atoms with van der Waals surface area (Å²) in [5.41, 5.74) is 5.74. The first-order valence-corrected chi connectivity index (χ1v) is 11.7. The highest BCUT2D eigenvalue weighted by atomic mass is 16.5. The van der Waals surface area contributed by atoms with E-state index >= 15 is 0 Å². The molecule has 0 saturated carbocycles. The Bertz CT molecular complexity index is 1260. The third-order valence-electron chi connectivity index (χ3n) is 5.75. The lowest BCUT2D eigenvalue weighted by atomic mass is 10.1. The van der Waals surface area contributed by atoms with Crippen LogP contribution in [0.3, 0.4) is 0 Å². The molecule has 3 aromatic rings. The Balaban J connectivity index is 1.61. The molecule has 3 amide bonds. The fourth-order valence-corrected chi connectivity index (χ4v) is 3.79. The number of hydrogen-bond acceptors (Lipinski definition) is 5. The Kier molecular flexibility index (Phi) is 9.55. The van der Waals surface area contributed by atoms with E-state index in [4.69, 9.17) is 5.21 Å². The lowest BCUT2D eigenvalue weighted by molar-refractivity contribution is -0.140. The third kappa shape index (κ3) is 7.51. The maximum atomic E-state index is 12.8. The number of hydrogen-bond donors (Lipinski definition) is 3. The molecule has 0 aliphatic carbocycles. The topological polar surface area (TPSA) is 102 Å². The molecule has 0 aliphatic heterocycles. The Morgan fingerprint density at radius 1 is 0.784 bits per heavy atom. The summed E-state index contributed by atoms with van der Waals surface area (Å²) in [6, 6.07) is 23.5. The first kappa shape index (κ1) is 27.1. The van der Waals surface area contributed by atoms with E-state index in [1.165, 1.54) is 30.7 Å². The molecule has 8 nitrogen and oxygen atoms in total. The summed E-state index contributed by atoms with van der Waals surface area (Å²) in [6.07, 6.45) is 0. The minimum Gasteiger partial charge on any atom is -0.357 e. The molecule has 3 rings (SSSR count). The SMILES string of the molecule is CNC(=O)C(C(=O)NO)N(C)C(=O)c1ccc(C#Cc2ccc(CN(C)Cc3ccccc3)cc2)cc1. The van der Waals surface area contributed by atoms with E-state index in [1.54, 1.807) is 24.3 Å². The fourth-order valence-electron chi connectivity index (χ4n) is 3.79. The molecule has 37 heavy (non-hydrogen) atoms. The highest BCUT2D eigenvalue weighted by Gasteiger charge is 2.33. The molecular formula is C29H30N4O4. The van der Waals surface area contributed by atoms with Crippen LogP contribution in [0.1, 0.15) is 32.6 Å². The van der Waals surface area contributed by atoms with Gasteiger partial charge in [0, 0.05) is 43.9 Å². The van der Waals surface area contributed by atoms with Gasteiger partial charge in [0.25, 0.3) is 17.7 Å². The molecule has 0 aromatic heterocycles. The van der Waals surface area contributed by atoms with Crippen LogP contribution in [0, 0.1) is 11.8 Å². The van der Waals surface area contributed by atoms with Gasteiger partial charge in [0.2, 0.25) is 0 Å². The molecule has 3 aromatic carbocycles. The monoisotopic (exact) mass is 498 g/mol. The summed E-state index contributed by atoms with van der Waals surface area (Å²) in [5, 5.41) is 11.2. The summed E-state index contributed by atoms with van der Waals surface area (Å²) in [5.74, 6) is 3.92. The lowest BCUT2D eigenvalue weighted by Gasteiger charge is -2.25. The molecule has 0 fully saturated rings. The number of hydroxylamine groups is 1. The Morgan fingerprint density at radius 3 is 1.81 bits per heavy atom. The fraction of sp³-hybridized carbons (Fsp3) is 0.207. The van der Waals surface area contributed by atoms with Crippen LogP contribution in [0.25, 0.3) is 0 Å². The zero-order valence-electron chi connectivity index (χ0n) is 21.1. The Labute approximate surface area is 216 Å². The standard InChI is InChI=1S/C29H30N4O4/c1-30-27(34)26(28(35)31-37)33(3)29(36)25-17-15-22(16-18-25)10-9-21-11-13-24(14-12-21)20-32(2)19-23-7-5-4-6-8-23/h4-8,11-18,26,37H,19-20H2,1-3H3,(H,30,34)(H,31,35). The molecule has 3 N–H and O–H groups in total. The molecule has 1 unspecified atom stereocenters. The first-order valence-electron chi connectivity index (χ1n) is 11.7. The molecule has 0 radical (unpaired) electrons. The van der Waals surface area contributed by atoms with E-state index in [-0.39, 0.29) is 5.56 Å². The van der Waals surface area contributed by atoms with E-state index < -0.39 is 23.8 Å². The van der Waals surface area contributed by atoms with Crippen LogP contribution in [-0.4, -0.2) is 59.9 Å². The van der Waals surface area contributed by atoms with Crippen molar-refractivity contribution in [3.8, 4) is 11.8 Å². The van der Waals surface area contributed by atoms with Crippen molar-refractivity contribution in [2.45, 2.75) is 19.1 Å². The maximum absolute atomic E-state index is 12.8. The summed E-state index contributed by atoms with van der Waals surface area (Å²) in [6.45, 7) is 1.70. The number of carbonyl (C=O) groups is 3. The van der Waals surface area contributed by atoms with Crippen molar-refractivity contribution in [2.24, 2.45) is 0 Å². The van der Waals surface area contributed by atoms with Crippen LogP contribution in [0.5, 0.6) is 0 Å². The number of amides is 3. The van der Waals surface area contributed by atoms with E-state index in [2.05, 4.69) is 53.4 Å². The van der Waals surface area contributed by atoms with Crippen LogP contribution >= 0.6 is 0 Å². The molecule has 8 heteroatoms. The predicted octanol–water partition coefficient (Wildman–Crippen LogP) is 2.41. The van der Waals surface area contributed by atoms with Gasteiger partial charge < -0.3 is 10.2 Å². The van der Waals surface area contributed by atoms with Crippen molar-refractivity contribution in [3.05, 3.63) is 107 Å². The van der Waals surface area contributed by atoms with Crippen molar-refractivity contribution >= 4 is 17.7 Å². The van der Waals surface area contributed by atoms with Crippen molar-refractivity contribution < 1.29 is 19.6 Å². The molecular weight excluding hydrogens is 468 g/mol. The smallest absolute Gasteiger partial charge is 0.275 e.